The van der Waals surface area contributed by atoms with Gasteiger partial charge in [0.15, 0.2) is 0 Å². The van der Waals surface area contributed by atoms with Gasteiger partial charge < -0.3 is 19.5 Å². The van der Waals surface area contributed by atoms with E-state index in [1.807, 2.05) is 64.1 Å². The van der Waals surface area contributed by atoms with E-state index in [1.165, 1.54) is 16.1 Å². The van der Waals surface area contributed by atoms with Gasteiger partial charge in [0.2, 0.25) is 11.8 Å². The number of hydrogen-bond acceptors (Lipinski definition) is 8. The Labute approximate surface area is 254 Å². The first-order chi connectivity index (χ1) is 20.5. The third-order valence-corrected chi connectivity index (χ3v) is 8.40. The molecule has 0 saturated carbocycles. The van der Waals surface area contributed by atoms with Crippen LogP contribution >= 0.6 is 11.8 Å². The van der Waals surface area contributed by atoms with Crippen molar-refractivity contribution in [3.8, 4) is 17.5 Å². The number of ether oxygens (including phenoxy) is 2. The zero-order chi connectivity index (χ0) is 30.7. The first-order valence-electron chi connectivity index (χ1n) is 14.0. The topological polar surface area (TPSA) is 122 Å². The Balaban J connectivity index is 1.28. The molecule has 2 atom stereocenters. The van der Waals surface area contributed by atoms with Gasteiger partial charge in [0.05, 0.1) is 17.0 Å². The van der Waals surface area contributed by atoms with Gasteiger partial charge in [-0.05, 0) is 53.4 Å². The Morgan fingerprint density at radius 1 is 1.09 bits per heavy atom. The van der Waals surface area contributed by atoms with E-state index in [0.29, 0.717) is 52.9 Å². The maximum atomic E-state index is 13.0. The number of carbonyl (C=O) groups excluding carboxylic acids is 2. The summed E-state index contributed by atoms with van der Waals surface area (Å²) >= 11 is 0.915. The van der Waals surface area contributed by atoms with E-state index >= 15 is 0 Å². The molecule has 11 heteroatoms. The molecule has 2 aromatic carbocycles. The lowest BCUT2D eigenvalue weighted by molar-refractivity contribution is -0.123. The van der Waals surface area contributed by atoms with Crippen LogP contribution in [0.5, 0.6) is 17.5 Å². The molecule has 2 aliphatic rings. The van der Waals surface area contributed by atoms with Crippen LogP contribution in [0.25, 0.3) is 6.08 Å². The molecule has 0 aliphatic carbocycles. The van der Waals surface area contributed by atoms with E-state index in [0.717, 1.165) is 17.3 Å². The fourth-order valence-electron chi connectivity index (χ4n) is 5.22. The Morgan fingerprint density at radius 3 is 2.56 bits per heavy atom. The predicted octanol–water partition coefficient (Wildman–Crippen LogP) is 6.75. The number of carboxylic acid groups (broad SMARTS) is 1. The second-order valence-electron chi connectivity index (χ2n) is 11.7. The highest BCUT2D eigenvalue weighted by Gasteiger charge is 2.40. The Hall–Kier alpha value is -4.38. The smallest absolute Gasteiger partial charge is 0.407 e. The van der Waals surface area contributed by atoms with Gasteiger partial charge in [-0.15, -0.1) is 0 Å². The predicted molar refractivity (Wildman–Crippen MR) is 163 cm³/mol. The summed E-state index contributed by atoms with van der Waals surface area (Å²) in [5, 5.41) is 9.36. The standard InChI is InChI=1S/C32H34N4O6S/c1-20-27(33-19-34-28(20)42-24-13-14-35(30(38)39)26(17-24)32(2,3)4)41-23-12-8-11-22(15-23)16-25-29(37)36(31(40)43-25)18-21-9-6-5-7-10-21/h5-12,15-16,19,24,26H,13-14,17-18H2,1-4H3,(H,38,39). The summed E-state index contributed by atoms with van der Waals surface area (Å²) in [5.74, 6) is 0.865. The molecule has 2 aliphatic heterocycles. The van der Waals surface area contributed by atoms with Gasteiger partial charge >= 0.3 is 6.09 Å². The SMILES string of the molecule is Cc1c(Oc2cccc(C=C3SC(=O)N(Cc4ccccc4)C3=O)c2)ncnc1OC1CCN(C(=O)O)C(C(C)(C)C)C1. The van der Waals surface area contributed by atoms with Crippen LogP contribution in [0.3, 0.4) is 0 Å². The van der Waals surface area contributed by atoms with Crippen molar-refractivity contribution in [1.29, 1.82) is 0 Å². The molecule has 5 rings (SSSR count). The quantitative estimate of drug-likeness (QED) is 0.293. The molecular weight excluding hydrogens is 568 g/mol. The lowest BCUT2D eigenvalue weighted by Crippen LogP contribution is -2.53. The van der Waals surface area contributed by atoms with Gasteiger partial charge in [-0.3, -0.25) is 14.5 Å². The van der Waals surface area contributed by atoms with Crippen LogP contribution in [0.2, 0.25) is 0 Å². The molecule has 3 aromatic rings. The maximum absolute atomic E-state index is 13.0. The van der Waals surface area contributed by atoms with Gasteiger partial charge in [-0.2, -0.15) is 0 Å². The highest BCUT2D eigenvalue weighted by Crippen LogP contribution is 2.36. The van der Waals surface area contributed by atoms with E-state index in [9.17, 15) is 19.5 Å². The van der Waals surface area contributed by atoms with Crippen molar-refractivity contribution < 1.29 is 29.0 Å². The van der Waals surface area contributed by atoms with E-state index < -0.39 is 6.09 Å². The molecule has 0 radical (unpaired) electrons. The molecule has 43 heavy (non-hydrogen) atoms. The number of rotatable bonds is 7. The van der Waals surface area contributed by atoms with E-state index in [2.05, 4.69) is 9.97 Å². The van der Waals surface area contributed by atoms with Crippen molar-refractivity contribution in [2.45, 2.75) is 59.2 Å². The zero-order valence-electron chi connectivity index (χ0n) is 24.5. The Morgan fingerprint density at radius 2 is 1.84 bits per heavy atom. The third-order valence-electron chi connectivity index (χ3n) is 7.50. The molecule has 0 spiro atoms. The Bertz CT molecular complexity index is 1550. The number of likely N-dealkylation sites (tertiary alicyclic amines) is 1. The average Bonchev–Trinajstić information content (AvgIpc) is 3.22. The number of hydrogen-bond donors (Lipinski definition) is 1. The van der Waals surface area contributed by atoms with Crippen molar-refractivity contribution in [1.82, 2.24) is 19.8 Å². The summed E-state index contributed by atoms with van der Waals surface area (Å²) < 4.78 is 12.4. The summed E-state index contributed by atoms with van der Waals surface area (Å²) in [7, 11) is 0. The van der Waals surface area contributed by atoms with E-state index in [4.69, 9.17) is 9.47 Å². The van der Waals surface area contributed by atoms with Crippen molar-refractivity contribution in [2.24, 2.45) is 5.41 Å². The molecule has 224 valence electrons. The molecule has 2 saturated heterocycles. The van der Waals surface area contributed by atoms with E-state index in [1.54, 1.807) is 24.3 Å². The van der Waals surface area contributed by atoms with Crippen LogP contribution in [-0.2, 0) is 11.3 Å². The first-order valence-corrected chi connectivity index (χ1v) is 14.9. The summed E-state index contributed by atoms with van der Waals surface area (Å²) in [6.07, 6.45) is 3.03. The lowest BCUT2D eigenvalue weighted by Gasteiger charge is -2.44. The summed E-state index contributed by atoms with van der Waals surface area (Å²) in [5.41, 5.74) is 1.95. The van der Waals surface area contributed by atoms with Gasteiger partial charge in [-0.25, -0.2) is 14.8 Å². The van der Waals surface area contributed by atoms with E-state index in [-0.39, 0.29) is 35.3 Å². The monoisotopic (exact) mass is 602 g/mol. The third kappa shape index (κ3) is 6.99. The fraction of sp³-hybridized carbons (Fsp3) is 0.344. The fourth-order valence-corrected chi connectivity index (χ4v) is 6.06. The van der Waals surface area contributed by atoms with Crippen molar-refractivity contribution in [3.63, 3.8) is 0 Å². The van der Waals surface area contributed by atoms with Gasteiger partial charge in [-0.1, -0.05) is 63.2 Å². The van der Waals surface area contributed by atoms with Crippen molar-refractivity contribution >= 4 is 35.1 Å². The second kappa shape index (κ2) is 12.5. The van der Waals surface area contributed by atoms with Gasteiger partial charge in [0.25, 0.3) is 11.1 Å². The molecule has 2 unspecified atom stereocenters. The summed E-state index contributed by atoms with van der Waals surface area (Å²) in [6.45, 7) is 8.50. The first kappa shape index (κ1) is 30.1. The second-order valence-corrected chi connectivity index (χ2v) is 12.7. The molecule has 1 N–H and O–H groups in total. The lowest BCUT2D eigenvalue weighted by atomic mass is 9.80. The molecule has 10 nitrogen and oxygen atoms in total. The van der Waals surface area contributed by atoms with Crippen LogP contribution in [0.15, 0.2) is 65.8 Å². The number of thioether (sulfide) groups is 1. The number of amides is 3. The molecular formula is C32H34N4O6S. The average molecular weight is 603 g/mol. The maximum Gasteiger partial charge on any atom is 0.407 e. The number of carbonyl (C=O) groups is 3. The Kier molecular flexibility index (Phi) is 8.72. The minimum absolute atomic E-state index is 0.191. The molecule has 2 fully saturated rings. The molecule has 3 amide bonds. The van der Waals surface area contributed by atoms with Gasteiger partial charge in [0.1, 0.15) is 18.2 Å². The van der Waals surface area contributed by atoms with Crippen LogP contribution in [-0.4, -0.2) is 60.8 Å². The number of nitrogens with zero attached hydrogens (tertiary/aromatic N) is 4. The largest absolute Gasteiger partial charge is 0.474 e. The highest BCUT2D eigenvalue weighted by molar-refractivity contribution is 8.18. The van der Waals surface area contributed by atoms with Gasteiger partial charge in [0, 0.05) is 25.4 Å². The number of benzene rings is 2. The minimum Gasteiger partial charge on any atom is -0.474 e. The molecule has 0 bridgehead atoms. The zero-order valence-corrected chi connectivity index (χ0v) is 25.3. The number of aromatic nitrogens is 2. The normalized spacial score (nSPS) is 20.0. The number of imide groups is 1. The summed E-state index contributed by atoms with van der Waals surface area (Å²) in [4.78, 5) is 49.1. The highest BCUT2D eigenvalue weighted by atomic mass is 32.2. The van der Waals surface area contributed by atoms with Crippen molar-refractivity contribution in [2.75, 3.05) is 6.54 Å². The number of piperidine rings is 1. The van der Waals surface area contributed by atoms with Crippen LogP contribution in [0, 0.1) is 12.3 Å². The summed E-state index contributed by atoms with van der Waals surface area (Å²) in [6, 6.07) is 16.4. The van der Waals surface area contributed by atoms with Crippen LogP contribution in [0.4, 0.5) is 9.59 Å². The van der Waals surface area contributed by atoms with Crippen LogP contribution < -0.4 is 9.47 Å². The van der Waals surface area contributed by atoms with Crippen molar-refractivity contribution in [3.05, 3.63) is 82.5 Å². The molecule has 1 aromatic heterocycles. The minimum atomic E-state index is -0.919. The molecule has 3 heterocycles. The van der Waals surface area contributed by atoms with Crippen LogP contribution in [0.1, 0.15) is 50.3 Å².